The van der Waals surface area contributed by atoms with E-state index in [2.05, 4.69) is 10.0 Å². The van der Waals surface area contributed by atoms with Crippen molar-refractivity contribution >= 4 is 5.97 Å². The van der Waals surface area contributed by atoms with E-state index < -0.39 is 30.5 Å². The van der Waals surface area contributed by atoms with Crippen LogP contribution in [0.5, 0.6) is 0 Å². The summed E-state index contributed by atoms with van der Waals surface area (Å²) in [6, 6.07) is -0.676. The van der Waals surface area contributed by atoms with E-state index in [0.717, 1.165) is 0 Å². The number of hydrogen-bond acceptors (Lipinski definition) is 5. The van der Waals surface area contributed by atoms with Crippen molar-refractivity contribution in [3.8, 4) is 0 Å². The predicted octanol–water partition coefficient (Wildman–Crippen LogP) is 0.724. The minimum atomic E-state index is -0.906. The first kappa shape index (κ1) is 11.8. The molecule has 15 heavy (non-hydrogen) atoms. The molecular formula is C8H13N3O4. The first-order chi connectivity index (χ1) is 7.04. The maximum absolute atomic E-state index is 10.8. The second kappa shape index (κ2) is 4.97. The summed E-state index contributed by atoms with van der Waals surface area (Å²) in [7, 11) is 0. The zero-order valence-electron chi connectivity index (χ0n) is 8.53. The average molecular weight is 215 g/mol. The molecular weight excluding hydrogens is 202 g/mol. The van der Waals surface area contributed by atoms with Gasteiger partial charge < -0.3 is 14.6 Å². The van der Waals surface area contributed by atoms with Gasteiger partial charge in [0, 0.05) is 11.8 Å². The lowest BCUT2D eigenvalue weighted by atomic mass is 10.0. The summed E-state index contributed by atoms with van der Waals surface area (Å²) in [5, 5.41) is 12.9. The first-order valence-electron chi connectivity index (χ1n) is 4.59. The molecule has 1 heterocycles. The SMILES string of the molecule is CC(=O)O[C@@H]1O[C@H](C)[C@H](O)C[C@H]1N=[N+]=[N-]. The lowest BCUT2D eigenvalue weighted by molar-refractivity contribution is -0.222. The number of carbonyl (C=O) groups is 1. The van der Waals surface area contributed by atoms with Crippen LogP contribution < -0.4 is 0 Å². The zero-order valence-corrected chi connectivity index (χ0v) is 8.53. The molecule has 7 heteroatoms. The van der Waals surface area contributed by atoms with Crippen LogP contribution in [-0.2, 0) is 14.3 Å². The molecule has 4 atom stereocenters. The van der Waals surface area contributed by atoms with E-state index >= 15 is 0 Å². The van der Waals surface area contributed by atoms with Crippen molar-refractivity contribution in [1.29, 1.82) is 0 Å². The molecule has 0 bridgehead atoms. The van der Waals surface area contributed by atoms with Gasteiger partial charge in [0.15, 0.2) is 0 Å². The molecule has 0 aromatic carbocycles. The van der Waals surface area contributed by atoms with Crippen LogP contribution in [0.4, 0.5) is 0 Å². The Morgan fingerprint density at radius 1 is 1.73 bits per heavy atom. The van der Waals surface area contributed by atoms with Crippen LogP contribution in [0, 0.1) is 0 Å². The van der Waals surface area contributed by atoms with Gasteiger partial charge in [0.1, 0.15) is 6.04 Å². The highest BCUT2D eigenvalue weighted by Gasteiger charge is 2.36. The van der Waals surface area contributed by atoms with Gasteiger partial charge in [0.05, 0.1) is 12.2 Å². The summed E-state index contributed by atoms with van der Waals surface area (Å²) in [5.41, 5.74) is 8.30. The molecule has 1 N–H and O–H groups in total. The Bertz CT molecular complexity index is 290. The van der Waals surface area contributed by atoms with E-state index in [1.54, 1.807) is 6.92 Å². The smallest absolute Gasteiger partial charge is 0.304 e. The van der Waals surface area contributed by atoms with E-state index in [0.29, 0.717) is 0 Å². The van der Waals surface area contributed by atoms with Crippen molar-refractivity contribution in [1.82, 2.24) is 0 Å². The van der Waals surface area contributed by atoms with Crippen LogP contribution >= 0.6 is 0 Å². The van der Waals surface area contributed by atoms with Crippen molar-refractivity contribution in [3.05, 3.63) is 10.4 Å². The van der Waals surface area contributed by atoms with E-state index in [4.69, 9.17) is 15.0 Å². The van der Waals surface area contributed by atoms with Gasteiger partial charge in [-0.1, -0.05) is 5.11 Å². The highest BCUT2D eigenvalue weighted by molar-refractivity contribution is 5.66. The van der Waals surface area contributed by atoms with Gasteiger partial charge in [0.2, 0.25) is 6.29 Å². The normalized spacial score (nSPS) is 35.4. The largest absolute Gasteiger partial charge is 0.435 e. The molecule has 0 aromatic rings. The van der Waals surface area contributed by atoms with E-state index in [9.17, 15) is 9.90 Å². The number of azide groups is 1. The minimum Gasteiger partial charge on any atom is -0.435 e. The third-order valence-corrected chi connectivity index (χ3v) is 2.17. The molecule has 0 amide bonds. The summed E-state index contributed by atoms with van der Waals surface area (Å²) >= 11 is 0. The zero-order chi connectivity index (χ0) is 11.4. The quantitative estimate of drug-likeness (QED) is 0.317. The van der Waals surface area contributed by atoms with Crippen LogP contribution in [0.3, 0.4) is 0 Å². The van der Waals surface area contributed by atoms with Crippen molar-refractivity contribution in [2.75, 3.05) is 0 Å². The minimum absolute atomic E-state index is 0.225. The van der Waals surface area contributed by atoms with Gasteiger partial charge in [-0.25, -0.2) is 0 Å². The summed E-state index contributed by atoms with van der Waals surface area (Å²) in [6.07, 6.45) is -1.84. The van der Waals surface area contributed by atoms with Crippen LogP contribution in [0.15, 0.2) is 5.11 Å². The molecule has 1 saturated heterocycles. The lowest BCUT2D eigenvalue weighted by Gasteiger charge is -2.35. The van der Waals surface area contributed by atoms with Crippen molar-refractivity contribution < 1.29 is 19.4 Å². The molecule has 1 aliphatic heterocycles. The Kier molecular flexibility index (Phi) is 3.90. The van der Waals surface area contributed by atoms with Crippen molar-refractivity contribution in [2.45, 2.75) is 44.8 Å². The fourth-order valence-electron chi connectivity index (χ4n) is 1.38. The van der Waals surface area contributed by atoms with Gasteiger partial charge >= 0.3 is 5.97 Å². The summed E-state index contributed by atoms with van der Waals surface area (Å²) in [4.78, 5) is 13.4. The molecule has 1 rings (SSSR count). The molecule has 7 nitrogen and oxygen atoms in total. The molecule has 84 valence electrons. The number of aliphatic hydroxyl groups is 1. The average Bonchev–Trinajstić information content (AvgIpc) is 2.13. The summed E-state index contributed by atoms with van der Waals surface area (Å²) in [5.74, 6) is -0.512. The third kappa shape index (κ3) is 3.09. The molecule has 0 unspecified atom stereocenters. The second-order valence-electron chi connectivity index (χ2n) is 3.39. The first-order valence-corrected chi connectivity index (χ1v) is 4.59. The molecule has 0 aromatic heterocycles. The number of aliphatic hydroxyl groups excluding tert-OH is 1. The fourth-order valence-corrected chi connectivity index (χ4v) is 1.38. The van der Waals surface area contributed by atoms with Gasteiger partial charge in [-0.05, 0) is 18.9 Å². The molecule has 0 aliphatic carbocycles. The maximum Gasteiger partial charge on any atom is 0.304 e. The summed E-state index contributed by atoms with van der Waals surface area (Å²) in [6.45, 7) is 2.90. The fraction of sp³-hybridized carbons (Fsp3) is 0.875. The molecule has 0 spiro atoms. The van der Waals surface area contributed by atoms with Gasteiger partial charge in [-0.2, -0.15) is 0 Å². The lowest BCUT2D eigenvalue weighted by Crippen LogP contribution is -2.46. The maximum atomic E-state index is 10.8. The van der Waals surface area contributed by atoms with Crippen LogP contribution in [0.2, 0.25) is 0 Å². The topological polar surface area (TPSA) is 105 Å². The van der Waals surface area contributed by atoms with Crippen LogP contribution in [0.1, 0.15) is 20.3 Å². The Labute approximate surface area is 86.6 Å². The van der Waals surface area contributed by atoms with Crippen LogP contribution in [-0.4, -0.2) is 35.6 Å². The Morgan fingerprint density at radius 3 is 2.93 bits per heavy atom. The highest BCUT2D eigenvalue weighted by atomic mass is 16.7. The van der Waals surface area contributed by atoms with E-state index in [1.165, 1.54) is 6.92 Å². The number of ether oxygens (including phenoxy) is 2. The Hall–Kier alpha value is -1.30. The van der Waals surface area contributed by atoms with E-state index in [1.807, 2.05) is 0 Å². The Balaban J connectivity index is 2.71. The molecule has 0 saturated carbocycles. The van der Waals surface area contributed by atoms with Crippen molar-refractivity contribution in [3.63, 3.8) is 0 Å². The van der Waals surface area contributed by atoms with Gasteiger partial charge in [-0.3, -0.25) is 4.79 Å². The second-order valence-corrected chi connectivity index (χ2v) is 3.39. The van der Waals surface area contributed by atoms with Crippen molar-refractivity contribution in [2.24, 2.45) is 5.11 Å². The number of nitrogens with zero attached hydrogens (tertiary/aromatic N) is 3. The number of esters is 1. The molecule has 0 radical (unpaired) electrons. The number of carbonyl (C=O) groups excluding carboxylic acids is 1. The summed E-state index contributed by atoms with van der Waals surface area (Å²) < 4.78 is 10.1. The number of hydrogen-bond donors (Lipinski definition) is 1. The monoisotopic (exact) mass is 215 g/mol. The van der Waals surface area contributed by atoms with Gasteiger partial charge in [0.25, 0.3) is 0 Å². The molecule has 1 aliphatic rings. The van der Waals surface area contributed by atoms with Crippen LogP contribution in [0.25, 0.3) is 10.4 Å². The van der Waals surface area contributed by atoms with E-state index in [-0.39, 0.29) is 6.42 Å². The number of rotatable bonds is 2. The highest BCUT2D eigenvalue weighted by Crippen LogP contribution is 2.23. The van der Waals surface area contributed by atoms with Gasteiger partial charge in [-0.15, -0.1) is 0 Å². The predicted molar refractivity (Wildman–Crippen MR) is 49.7 cm³/mol. The third-order valence-electron chi connectivity index (χ3n) is 2.17. The standard InChI is InChI=1S/C8H13N3O4/c1-4-7(13)3-6(10-11-9)8(14-4)15-5(2)12/h4,6-8,13H,3H2,1-2H3/t4-,6-,7-,8+/m1/s1. The molecule has 1 fully saturated rings. The Morgan fingerprint density at radius 2 is 2.40 bits per heavy atom.